The number of benzene rings is 1. The number of halogens is 1. The maximum atomic E-state index is 11.0. The van der Waals surface area contributed by atoms with E-state index in [0.29, 0.717) is 17.2 Å². The van der Waals surface area contributed by atoms with Crippen molar-refractivity contribution in [1.82, 2.24) is 0 Å². The van der Waals surface area contributed by atoms with Crippen LogP contribution in [0, 0.1) is 5.92 Å². The number of methoxy groups -OCH3 is 3. The first-order chi connectivity index (χ1) is 9.07. The zero-order valence-electron chi connectivity index (χ0n) is 11.7. The van der Waals surface area contributed by atoms with Crippen molar-refractivity contribution in [3.05, 3.63) is 17.7 Å². The molecule has 3 N–H and O–H groups in total. The summed E-state index contributed by atoms with van der Waals surface area (Å²) >= 11 is 0. The molecule has 1 atom stereocenters. The topological polar surface area (TPSA) is 91.0 Å². The van der Waals surface area contributed by atoms with Gasteiger partial charge in [-0.25, -0.2) is 0 Å². The van der Waals surface area contributed by atoms with Gasteiger partial charge < -0.3 is 25.1 Å². The van der Waals surface area contributed by atoms with Gasteiger partial charge >= 0.3 is 5.97 Å². The first kappa shape index (κ1) is 18.3. The highest BCUT2D eigenvalue weighted by molar-refractivity contribution is 5.85. The molecule has 0 aliphatic heterocycles. The number of ether oxygens (including phenoxy) is 3. The van der Waals surface area contributed by atoms with Crippen LogP contribution in [0.15, 0.2) is 12.1 Å². The van der Waals surface area contributed by atoms with Gasteiger partial charge in [-0.15, -0.1) is 12.4 Å². The number of rotatable bonds is 7. The van der Waals surface area contributed by atoms with E-state index in [9.17, 15) is 4.79 Å². The summed E-state index contributed by atoms with van der Waals surface area (Å²) in [5.74, 6) is 0.0193. The summed E-state index contributed by atoms with van der Waals surface area (Å²) in [7, 11) is 4.56. The standard InChI is InChI=1S/C13H19NO5.ClH/c1-17-10-6-12(19-3)11(18-2)5-8(10)4-9(7-14)13(15)16;/h5-6,9H,4,7,14H2,1-3H3,(H,15,16);1H/t9-;/m1./s1. The highest BCUT2D eigenvalue weighted by Gasteiger charge is 2.20. The molecule has 0 spiro atoms. The van der Waals surface area contributed by atoms with Crippen LogP contribution >= 0.6 is 12.4 Å². The van der Waals surface area contributed by atoms with Crippen LogP contribution < -0.4 is 19.9 Å². The fourth-order valence-corrected chi connectivity index (χ4v) is 1.79. The van der Waals surface area contributed by atoms with Crippen molar-refractivity contribution in [3.63, 3.8) is 0 Å². The number of hydrogen-bond acceptors (Lipinski definition) is 5. The van der Waals surface area contributed by atoms with Crippen molar-refractivity contribution in [1.29, 1.82) is 0 Å². The molecule has 0 fully saturated rings. The quantitative estimate of drug-likeness (QED) is 0.790. The Labute approximate surface area is 124 Å². The van der Waals surface area contributed by atoms with E-state index in [2.05, 4.69) is 0 Å². The van der Waals surface area contributed by atoms with E-state index in [0.717, 1.165) is 5.56 Å². The Bertz CT molecular complexity index is 453. The molecule has 0 aliphatic rings. The highest BCUT2D eigenvalue weighted by atomic mass is 35.5. The molecule has 0 saturated heterocycles. The molecule has 0 bridgehead atoms. The van der Waals surface area contributed by atoms with Gasteiger partial charge in [0.1, 0.15) is 5.75 Å². The number of carbonyl (C=O) groups is 1. The maximum absolute atomic E-state index is 11.0. The molecule has 0 amide bonds. The van der Waals surface area contributed by atoms with Crippen molar-refractivity contribution >= 4 is 18.4 Å². The summed E-state index contributed by atoms with van der Waals surface area (Å²) in [6.07, 6.45) is 0.273. The number of hydrogen-bond donors (Lipinski definition) is 2. The largest absolute Gasteiger partial charge is 0.496 e. The fourth-order valence-electron chi connectivity index (χ4n) is 1.79. The van der Waals surface area contributed by atoms with Crippen LogP contribution in [0.25, 0.3) is 0 Å². The summed E-state index contributed by atoms with van der Waals surface area (Å²) in [5, 5.41) is 9.05. The van der Waals surface area contributed by atoms with Crippen molar-refractivity contribution in [2.24, 2.45) is 11.7 Å². The molecular weight excluding hydrogens is 286 g/mol. The third kappa shape index (κ3) is 4.18. The second-order valence-electron chi connectivity index (χ2n) is 3.99. The highest BCUT2D eigenvalue weighted by Crippen LogP contribution is 2.35. The molecule has 1 aromatic rings. The molecular formula is C13H20ClNO5. The third-order valence-electron chi connectivity index (χ3n) is 2.89. The number of carboxylic acids is 1. The first-order valence-electron chi connectivity index (χ1n) is 5.79. The second-order valence-corrected chi connectivity index (χ2v) is 3.99. The Morgan fingerprint density at radius 2 is 1.65 bits per heavy atom. The van der Waals surface area contributed by atoms with Gasteiger partial charge in [-0.3, -0.25) is 4.79 Å². The second kappa shape index (κ2) is 8.50. The maximum Gasteiger partial charge on any atom is 0.308 e. The smallest absolute Gasteiger partial charge is 0.308 e. The summed E-state index contributed by atoms with van der Waals surface area (Å²) < 4.78 is 15.6. The minimum absolute atomic E-state index is 0. The summed E-state index contributed by atoms with van der Waals surface area (Å²) in [6.45, 7) is 0.0623. The lowest BCUT2D eigenvalue weighted by atomic mass is 9.98. The summed E-state index contributed by atoms with van der Waals surface area (Å²) in [6, 6.07) is 3.38. The van der Waals surface area contributed by atoms with Crippen LogP contribution in [0.4, 0.5) is 0 Å². The Morgan fingerprint density at radius 1 is 1.15 bits per heavy atom. The lowest BCUT2D eigenvalue weighted by Crippen LogP contribution is -2.25. The molecule has 1 rings (SSSR count). The molecule has 6 nitrogen and oxygen atoms in total. The van der Waals surface area contributed by atoms with E-state index in [1.54, 1.807) is 12.1 Å². The van der Waals surface area contributed by atoms with Crippen LogP contribution in [-0.4, -0.2) is 38.9 Å². The van der Waals surface area contributed by atoms with Crippen molar-refractivity contribution in [2.45, 2.75) is 6.42 Å². The average molecular weight is 306 g/mol. The normalized spacial score (nSPS) is 11.2. The lowest BCUT2D eigenvalue weighted by molar-refractivity contribution is -0.141. The van der Waals surface area contributed by atoms with E-state index >= 15 is 0 Å². The van der Waals surface area contributed by atoms with Crippen LogP contribution in [-0.2, 0) is 11.2 Å². The number of carboxylic acid groups (broad SMARTS) is 1. The van der Waals surface area contributed by atoms with Gasteiger partial charge in [-0.05, 0) is 18.1 Å². The van der Waals surface area contributed by atoms with Crippen LogP contribution in [0.2, 0.25) is 0 Å². The van der Waals surface area contributed by atoms with Gasteiger partial charge in [0.15, 0.2) is 11.5 Å². The van der Waals surface area contributed by atoms with Gasteiger partial charge in [0.05, 0.1) is 27.2 Å². The SMILES string of the molecule is COc1cc(OC)c(OC)cc1C[C@H](CN)C(=O)O.Cl. The molecule has 0 unspecified atom stereocenters. The monoisotopic (exact) mass is 305 g/mol. The Kier molecular flexibility index (Phi) is 7.79. The minimum atomic E-state index is -0.931. The molecule has 0 saturated carbocycles. The Morgan fingerprint density at radius 3 is 2.05 bits per heavy atom. The van der Waals surface area contributed by atoms with Gasteiger partial charge in [0, 0.05) is 12.6 Å². The molecule has 0 aromatic heterocycles. The van der Waals surface area contributed by atoms with Crippen LogP contribution in [0.3, 0.4) is 0 Å². The van der Waals surface area contributed by atoms with E-state index in [1.165, 1.54) is 21.3 Å². The predicted molar refractivity (Wildman–Crippen MR) is 77.2 cm³/mol. The van der Waals surface area contributed by atoms with Gasteiger partial charge in [-0.2, -0.15) is 0 Å². The number of nitrogens with two attached hydrogens (primary N) is 1. The molecule has 7 heteroatoms. The molecule has 20 heavy (non-hydrogen) atoms. The summed E-state index contributed by atoms with van der Waals surface area (Å²) in [5.41, 5.74) is 6.18. The zero-order chi connectivity index (χ0) is 14.4. The Balaban J connectivity index is 0.00000361. The first-order valence-corrected chi connectivity index (χ1v) is 5.79. The molecule has 0 aliphatic carbocycles. The lowest BCUT2D eigenvalue weighted by Gasteiger charge is -2.16. The van der Waals surface area contributed by atoms with Crippen LogP contribution in [0.5, 0.6) is 17.2 Å². The average Bonchev–Trinajstić information content (AvgIpc) is 2.43. The van der Waals surface area contributed by atoms with Gasteiger partial charge in [-0.1, -0.05) is 0 Å². The molecule has 114 valence electrons. The number of aliphatic carboxylic acids is 1. The van der Waals surface area contributed by atoms with E-state index in [-0.39, 0.29) is 25.4 Å². The minimum Gasteiger partial charge on any atom is -0.496 e. The molecule has 1 aromatic carbocycles. The third-order valence-corrected chi connectivity index (χ3v) is 2.89. The molecule has 0 radical (unpaired) electrons. The van der Waals surface area contributed by atoms with E-state index in [1.807, 2.05) is 0 Å². The van der Waals surface area contributed by atoms with Crippen molar-refractivity contribution < 1.29 is 24.1 Å². The summed E-state index contributed by atoms with van der Waals surface area (Å²) in [4.78, 5) is 11.0. The van der Waals surface area contributed by atoms with Crippen molar-refractivity contribution in [2.75, 3.05) is 27.9 Å². The van der Waals surface area contributed by atoms with Gasteiger partial charge in [0.25, 0.3) is 0 Å². The molecule has 0 heterocycles. The van der Waals surface area contributed by atoms with Crippen molar-refractivity contribution in [3.8, 4) is 17.2 Å². The Hall–Kier alpha value is -1.66. The van der Waals surface area contributed by atoms with E-state index in [4.69, 9.17) is 25.1 Å². The van der Waals surface area contributed by atoms with Gasteiger partial charge in [0.2, 0.25) is 0 Å². The predicted octanol–water partition coefficient (Wildman–Crippen LogP) is 1.34. The van der Waals surface area contributed by atoms with Crippen LogP contribution in [0.1, 0.15) is 5.56 Å². The zero-order valence-corrected chi connectivity index (χ0v) is 12.5. The fraction of sp³-hybridized carbons (Fsp3) is 0.462. The van der Waals surface area contributed by atoms with E-state index < -0.39 is 11.9 Å².